The average molecular weight is 395 g/mol. The zero-order chi connectivity index (χ0) is 20.2. The van der Waals surface area contributed by atoms with Gasteiger partial charge < -0.3 is 14.5 Å². The predicted molar refractivity (Wildman–Crippen MR) is 113 cm³/mol. The maximum absolute atomic E-state index is 13.0. The summed E-state index contributed by atoms with van der Waals surface area (Å²) in [5.41, 5.74) is 1.07. The molecular formula is C23H30N4O2. The summed E-state index contributed by atoms with van der Waals surface area (Å²) in [7, 11) is 0. The molecular weight excluding hydrogens is 364 g/mol. The summed E-state index contributed by atoms with van der Waals surface area (Å²) >= 11 is 0. The summed E-state index contributed by atoms with van der Waals surface area (Å²) in [5.74, 6) is 2.76. The van der Waals surface area contributed by atoms with Crippen LogP contribution in [0.4, 0.5) is 5.82 Å². The van der Waals surface area contributed by atoms with Gasteiger partial charge >= 0.3 is 0 Å². The number of benzene rings is 1. The molecule has 2 aromatic rings. The van der Waals surface area contributed by atoms with E-state index in [0.29, 0.717) is 11.8 Å². The smallest absolute Gasteiger partial charge is 0.226 e. The van der Waals surface area contributed by atoms with Crippen molar-refractivity contribution in [3.63, 3.8) is 0 Å². The van der Waals surface area contributed by atoms with Crippen molar-refractivity contribution < 1.29 is 9.53 Å². The van der Waals surface area contributed by atoms with Crippen molar-refractivity contribution in [1.82, 2.24) is 14.9 Å². The van der Waals surface area contributed by atoms with Crippen molar-refractivity contribution in [3.05, 3.63) is 42.2 Å². The maximum Gasteiger partial charge on any atom is 0.226 e. The van der Waals surface area contributed by atoms with E-state index >= 15 is 0 Å². The van der Waals surface area contributed by atoms with Crippen LogP contribution in [0.25, 0.3) is 0 Å². The number of amides is 1. The molecule has 1 saturated heterocycles. The highest BCUT2D eigenvalue weighted by atomic mass is 16.5. The molecule has 1 aromatic heterocycles. The lowest BCUT2D eigenvalue weighted by Gasteiger charge is -2.42. The lowest BCUT2D eigenvalue weighted by molar-refractivity contribution is -0.139. The summed E-state index contributed by atoms with van der Waals surface area (Å²) in [6, 6.07) is 9.96. The lowest BCUT2D eigenvalue weighted by Crippen LogP contribution is -2.55. The van der Waals surface area contributed by atoms with Crippen LogP contribution in [0.3, 0.4) is 0 Å². The lowest BCUT2D eigenvalue weighted by atomic mass is 9.88. The zero-order valence-corrected chi connectivity index (χ0v) is 17.4. The van der Waals surface area contributed by atoms with E-state index in [9.17, 15) is 4.79 Å². The van der Waals surface area contributed by atoms with Gasteiger partial charge in [-0.05, 0) is 38.3 Å². The number of aromatic nitrogens is 2. The van der Waals surface area contributed by atoms with Crippen LogP contribution in [-0.4, -0.2) is 46.5 Å². The molecule has 154 valence electrons. The van der Waals surface area contributed by atoms with E-state index in [1.807, 2.05) is 37.3 Å². The predicted octanol–water partition coefficient (Wildman–Crippen LogP) is 4.19. The largest absolute Gasteiger partial charge is 0.439 e. The van der Waals surface area contributed by atoms with Gasteiger partial charge in [0.2, 0.25) is 11.8 Å². The van der Waals surface area contributed by atoms with Crippen LogP contribution < -0.4 is 9.64 Å². The Morgan fingerprint density at radius 2 is 1.90 bits per heavy atom. The number of piperazine rings is 1. The number of hydrogen-bond donors (Lipinski definition) is 0. The van der Waals surface area contributed by atoms with Crippen molar-refractivity contribution in [1.29, 1.82) is 0 Å². The molecule has 0 bridgehead atoms. The van der Waals surface area contributed by atoms with E-state index in [4.69, 9.17) is 4.74 Å². The Morgan fingerprint density at radius 1 is 1.10 bits per heavy atom. The molecule has 1 aliphatic carbocycles. The first kappa shape index (κ1) is 19.7. The quantitative estimate of drug-likeness (QED) is 0.778. The van der Waals surface area contributed by atoms with Crippen molar-refractivity contribution in [2.24, 2.45) is 5.92 Å². The number of aryl methyl sites for hydroxylation is 1. The Labute approximate surface area is 172 Å². The molecule has 1 saturated carbocycles. The highest BCUT2D eigenvalue weighted by Gasteiger charge is 2.32. The second kappa shape index (κ2) is 8.80. The van der Waals surface area contributed by atoms with Crippen molar-refractivity contribution >= 4 is 11.7 Å². The third-order valence-corrected chi connectivity index (χ3v) is 6.12. The van der Waals surface area contributed by atoms with Crippen LogP contribution in [0.5, 0.6) is 11.6 Å². The van der Waals surface area contributed by atoms with Gasteiger partial charge in [-0.15, -0.1) is 0 Å². The summed E-state index contributed by atoms with van der Waals surface area (Å²) in [6.07, 6.45) is 7.31. The number of anilines is 1. The molecule has 6 nitrogen and oxygen atoms in total. The molecule has 29 heavy (non-hydrogen) atoms. The van der Waals surface area contributed by atoms with Crippen LogP contribution in [0.15, 0.2) is 36.7 Å². The highest BCUT2D eigenvalue weighted by Crippen LogP contribution is 2.29. The number of carbonyl (C=O) groups excluding carboxylic acids is 1. The number of ether oxygens (including phenoxy) is 1. The van der Waals surface area contributed by atoms with Gasteiger partial charge in [-0.25, -0.2) is 9.97 Å². The molecule has 2 aliphatic rings. The van der Waals surface area contributed by atoms with Gasteiger partial charge in [-0.1, -0.05) is 37.5 Å². The van der Waals surface area contributed by atoms with Gasteiger partial charge in [-0.3, -0.25) is 4.79 Å². The van der Waals surface area contributed by atoms with Crippen LogP contribution >= 0.6 is 0 Å². The first-order valence-corrected chi connectivity index (χ1v) is 10.7. The zero-order valence-electron chi connectivity index (χ0n) is 17.4. The minimum Gasteiger partial charge on any atom is -0.439 e. The Balaban J connectivity index is 1.41. The fourth-order valence-corrected chi connectivity index (χ4v) is 4.42. The number of nitrogens with zero attached hydrogens (tertiary/aromatic N) is 4. The van der Waals surface area contributed by atoms with Gasteiger partial charge in [0.15, 0.2) is 0 Å². The van der Waals surface area contributed by atoms with Crippen molar-refractivity contribution in [2.75, 3.05) is 24.5 Å². The van der Waals surface area contributed by atoms with Crippen molar-refractivity contribution in [2.45, 2.75) is 52.0 Å². The monoisotopic (exact) mass is 394 g/mol. The average Bonchev–Trinajstić information content (AvgIpc) is 2.76. The minimum atomic E-state index is 0.175. The van der Waals surface area contributed by atoms with Crippen LogP contribution in [0.1, 0.15) is 44.6 Å². The molecule has 6 heteroatoms. The van der Waals surface area contributed by atoms with Crippen LogP contribution in [0, 0.1) is 12.8 Å². The Kier molecular flexibility index (Phi) is 5.97. The highest BCUT2D eigenvalue weighted by molar-refractivity contribution is 5.79. The normalized spacial score (nSPS) is 20.6. The third-order valence-electron chi connectivity index (χ3n) is 6.12. The second-order valence-corrected chi connectivity index (χ2v) is 8.24. The second-order valence-electron chi connectivity index (χ2n) is 8.24. The summed E-state index contributed by atoms with van der Waals surface area (Å²) in [6.45, 7) is 6.46. The maximum atomic E-state index is 13.0. The van der Waals surface area contributed by atoms with Gasteiger partial charge in [-0.2, -0.15) is 0 Å². The van der Waals surface area contributed by atoms with Gasteiger partial charge in [0.05, 0.1) is 0 Å². The van der Waals surface area contributed by atoms with Crippen molar-refractivity contribution in [3.8, 4) is 11.6 Å². The first-order chi connectivity index (χ1) is 14.1. The van der Waals surface area contributed by atoms with E-state index in [1.165, 1.54) is 19.3 Å². The Bertz CT molecular complexity index is 850. The minimum absolute atomic E-state index is 0.175. The van der Waals surface area contributed by atoms with Gasteiger partial charge in [0.25, 0.3) is 0 Å². The third kappa shape index (κ3) is 4.52. The summed E-state index contributed by atoms with van der Waals surface area (Å²) in [4.78, 5) is 26.0. The van der Waals surface area contributed by atoms with Crippen LogP contribution in [-0.2, 0) is 4.79 Å². The molecule has 4 rings (SSSR count). The topological polar surface area (TPSA) is 58.6 Å². The van der Waals surface area contributed by atoms with E-state index in [1.54, 1.807) is 6.33 Å². The molecule has 2 heterocycles. The van der Waals surface area contributed by atoms with E-state index in [0.717, 1.165) is 49.6 Å². The number of hydrogen-bond acceptors (Lipinski definition) is 5. The molecule has 1 aromatic carbocycles. The fourth-order valence-electron chi connectivity index (χ4n) is 4.42. The SMILES string of the molecule is Cc1ccccc1Oc1cc(N2CCN(C(=O)C3CCCCC3)[C@@H](C)C2)ncn1. The molecule has 1 amide bonds. The fraction of sp³-hybridized carbons (Fsp3) is 0.522. The van der Waals surface area contributed by atoms with E-state index in [2.05, 4.69) is 26.7 Å². The molecule has 1 atom stereocenters. The van der Waals surface area contributed by atoms with E-state index in [-0.39, 0.29) is 12.0 Å². The summed E-state index contributed by atoms with van der Waals surface area (Å²) in [5, 5.41) is 0. The summed E-state index contributed by atoms with van der Waals surface area (Å²) < 4.78 is 5.96. The van der Waals surface area contributed by atoms with Gasteiger partial charge in [0.1, 0.15) is 17.9 Å². The molecule has 0 spiro atoms. The molecule has 2 fully saturated rings. The number of rotatable bonds is 4. The molecule has 0 unspecified atom stereocenters. The van der Waals surface area contributed by atoms with E-state index < -0.39 is 0 Å². The first-order valence-electron chi connectivity index (χ1n) is 10.7. The standard InChI is InChI=1S/C23H30N4O2/c1-17-8-6-7-11-20(17)29-22-14-21(24-16-25-22)26-12-13-27(18(2)15-26)23(28)19-9-4-3-5-10-19/h6-8,11,14,16,18-19H,3-5,9-10,12-13,15H2,1-2H3/t18-/m0/s1. The number of carbonyl (C=O) groups is 1. The van der Waals surface area contributed by atoms with Crippen LogP contribution in [0.2, 0.25) is 0 Å². The molecule has 0 radical (unpaired) electrons. The Morgan fingerprint density at radius 3 is 2.66 bits per heavy atom. The molecule has 1 aliphatic heterocycles. The Hall–Kier alpha value is -2.63. The van der Waals surface area contributed by atoms with Gasteiger partial charge in [0, 0.05) is 37.7 Å². The molecule has 0 N–H and O–H groups in total. The number of para-hydroxylation sites is 1.